The van der Waals surface area contributed by atoms with Crippen molar-refractivity contribution < 1.29 is 14.3 Å². The van der Waals surface area contributed by atoms with Crippen molar-refractivity contribution in [3.8, 4) is 0 Å². The first-order valence-electron chi connectivity index (χ1n) is 7.22. The first-order valence-corrected chi connectivity index (χ1v) is 7.22. The summed E-state index contributed by atoms with van der Waals surface area (Å²) in [5.41, 5.74) is 1.22. The Morgan fingerprint density at radius 2 is 1.82 bits per heavy atom. The predicted octanol–water partition coefficient (Wildman–Crippen LogP) is 2.47. The van der Waals surface area contributed by atoms with Crippen LogP contribution in [0.5, 0.6) is 0 Å². The van der Waals surface area contributed by atoms with Crippen molar-refractivity contribution in [3.05, 3.63) is 71.3 Å². The van der Waals surface area contributed by atoms with Crippen molar-refractivity contribution in [2.75, 3.05) is 0 Å². The van der Waals surface area contributed by atoms with Crippen LogP contribution < -0.4 is 5.32 Å². The van der Waals surface area contributed by atoms with E-state index >= 15 is 0 Å². The van der Waals surface area contributed by atoms with Crippen LogP contribution in [0, 0.1) is 0 Å². The van der Waals surface area contributed by atoms with Gasteiger partial charge in [0.25, 0.3) is 5.91 Å². The van der Waals surface area contributed by atoms with Crippen LogP contribution in [-0.4, -0.2) is 17.5 Å². The molecule has 0 saturated heterocycles. The highest BCUT2D eigenvalue weighted by molar-refractivity contribution is 5.97. The maximum Gasteiger partial charge on any atom is 0.339 e. The van der Waals surface area contributed by atoms with Gasteiger partial charge in [0, 0.05) is 13.0 Å². The van der Waals surface area contributed by atoms with E-state index in [-0.39, 0.29) is 5.91 Å². The second kappa shape index (κ2) is 5.64. The van der Waals surface area contributed by atoms with Crippen LogP contribution in [0.4, 0.5) is 0 Å². The Morgan fingerprint density at radius 1 is 1.14 bits per heavy atom. The molecule has 1 N–H and O–H groups in total. The van der Waals surface area contributed by atoms with Crippen LogP contribution >= 0.6 is 0 Å². The number of nitrogens with one attached hydrogen (secondary N) is 1. The average Bonchev–Trinajstić information content (AvgIpc) is 2.53. The van der Waals surface area contributed by atoms with Gasteiger partial charge in [0.05, 0.1) is 5.56 Å². The molecule has 1 aliphatic rings. The van der Waals surface area contributed by atoms with Gasteiger partial charge in [-0.25, -0.2) is 4.79 Å². The Labute approximate surface area is 129 Å². The molecule has 0 aliphatic carbocycles. The van der Waals surface area contributed by atoms with E-state index in [4.69, 9.17) is 4.74 Å². The third kappa shape index (κ3) is 2.72. The lowest BCUT2D eigenvalue weighted by atomic mass is 9.89. The van der Waals surface area contributed by atoms with Gasteiger partial charge >= 0.3 is 5.97 Å². The van der Waals surface area contributed by atoms with Gasteiger partial charge in [-0.15, -0.1) is 0 Å². The topological polar surface area (TPSA) is 55.4 Å². The fraction of sp³-hybridized carbons (Fsp3) is 0.222. The molecule has 4 nitrogen and oxygen atoms in total. The van der Waals surface area contributed by atoms with E-state index in [1.54, 1.807) is 19.1 Å². The minimum absolute atomic E-state index is 0.279. The quantitative estimate of drug-likeness (QED) is 0.885. The summed E-state index contributed by atoms with van der Waals surface area (Å²) in [7, 11) is 0. The average molecular weight is 295 g/mol. The Kier molecular flexibility index (Phi) is 3.67. The summed E-state index contributed by atoms with van der Waals surface area (Å²) >= 11 is 0. The Bertz CT molecular complexity index is 711. The fourth-order valence-electron chi connectivity index (χ4n) is 2.62. The number of fused-ring (bicyclic) bond motifs is 1. The van der Waals surface area contributed by atoms with E-state index in [2.05, 4.69) is 5.32 Å². The molecule has 1 amide bonds. The monoisotopic (exact) mass is 295 g/mol. The number of cyclic esters (lactones) is 1. The SMILES string of the molecule is CC1(C(=O)NCc2ccccc2)Cc2ccccc2C(=O)O1. The summed E-state index contributed by atoms with van der Waals surface area (Å²) < 4.78 is 5.40. The molecule has 112 valence electrons. The molecule has 0 bridgehead atoms. The lowest BCUT2D eigenvalue weighted by Gasteiger charge is -2.33. The van der Waals surface area contributed by atoms with Gasteiger partial charge in [-0.2, -0.15) is 0 Å². The van der Waals surface area contributed by atoms with Crippen LogP contribution in [0.25, 0.3) is 0 Å². The van der Waals surface area contributed by atoms with E-state index in [0.717, 1.165) is 11.1 Å². The first kappa shape index (κ1) is 14.3. The number of benzene rings is 2. The molecule has 0 fully saturated rings. The number of hydrogen-bond acceptors (Lipinski definition) is 3. The molecule has 4 heteroatoms. The number of hydrogen-bond donors (Lipinski definition) is 1. The molecule has 0 aromatic heterocycles. The third-order valence-corrected chi connectivity index (χ3v) is 3.86. The fourth-order valence-corrected chi connectivity index (χ4v) is 2.62. The molecule has 3 rings (SSSR count). The van der Waals surface area contributed by atoms with E-state index in [1.807, 2.05) is 42.5 Å². The molecule has 1 aliphatic heterocycles. The van der Waals surface area contributed by atoms with Crippen molar-refractivity contribution in [1.29, 1.82) is 0 Å². The molecule has 0 saturated carbocycles. The van der Waals surface area contributed by atoms with Gasteiger partial charge in [-0.05, 0) is 24.1 Å². The van der Waals surface area contributed by atoms with Crippen LogP contribution in [-0.2, 0) is 22.5 Å². The summed E-state index contributed by atoms with van der Waals surface area (Å²) in [5.74, 6) is -0.724. The summed E-state index contributed by atoms with van der Waals surface area (Å²) in [4.78, 5) is 24.5. The molecule has 22 heavy (non-hydrogen) atoms. The minimum atomic E-state index is -1.17. The number of rotatable bonds is 3. The zero-order valence-corrected chi connectivity index (χ0v) is 12.3. The summed E-state index contributed by atoms with van der Waals surface area (Å²) in [6.07, 6.45) is 0.384. The van der Waals surface area contributed by atoms with Gasteiger partial charge in [0.2, 0.25) is 0 Å². The largest absolute Gasteiger partial charge is 0.445 e. The predicted molar refractivity (Wildman–Crippen MR) is 82.3 cm³/mol. The van der Waals surface area contributed by atoms with Crippen LogP contribution in [0.15, 0.2) is 54.6 Å². The number of carbonyl (C=O) groups excluding carboxylic acids is 2. The smallest absolute Gasteiger partial charge is 0.339 e. The van der Waals surface area contributed by atoms with Crippen LogP contribution in [0.1, 0.15) is 28.4 Å². The standard InChI is InChI=1S/C18H17NO3/c1-18(17(21)19-12-13-7-3-2-4-8-13)11-14-9-5-6-10-15(14)16(20)22-18/h2-10H,11-12H2,1H3,(H,19,21). The molecule has 2 aromatic carbocycles. The number of amides is 1. The van der Waals surface area contributed by atoms with Crippen molar-refractivity contribution in [2.45, 2.75) is 25.5 Å². The molecule has 0 radical (unpaired) electrons. The number of carbonyl (C=O) groups is 2. The van der Waals surface area contributed by atoms with Gasteiger partial charge in [-0.1, -0.05) is 48.5 Å². The summed E-state index contributed by atoms with van der Waals surface area (Å²) in [6.45, 7) is 2.07. The Balaban J connectivity index is 1.74. The van der Waals surface area contributed by atoms with Crippen molar-refractivity contribution >= 4 is 11.9 Å². The van der Waals surface area contributed by atoms with E-state index in [0.29, 0.717) is 18.5 Å². The van der Waals surface area contributed by atoms with Gasteiger partial charge in [0.1, 0.15) is 0 Å². The molecule has 2 aromatic rings. The molecule has 1 atom stereocenters. The maximum absolute atomic E-state index is 12.5. The third-order valence-electron chi connectivity index (χ3n) is 3.86. The van der Waals surface area contributed by atoms with E-state index in [1.165, 1.54) is 0 Å². The lowest BCUT2D eigenvalue weighted by Crippen LogP contribution is -2.51. The molecule has 0 spiro atoms. The van der Waals surface area contributed by atoms with Gasteiger partial charge < -0.3 is 10.1 Å². The van der Waals surface area contributed by atoms with Crippen LogP contribution in [0.2, 0.25) is 0 Å². The lowest BCUT2D eigenvalue weighted by molar-refractivity contribution is -0.139. The van der Waals surface area contributed by atoms with E-state index in [9.17, 15) is 9.59 Å². The number of esters is 1. The highest BCUT2D eigenvalue weighted by Crippen LogP contribution is 2.28. The highest BCUT2D eigenvalue weighted by atomic mass is 16.6. The highest BCUT2D eigenvalue weighted by Gasteiger charge is 2.42. The van der Waals surface area contributed by atoms with Crippen molar-refractivity contribution in [3.63, 3.8) is 0 Å². The first-order chi connectivity index (χ1) is 10.6. The molecular weight excluding hydrogens is 278 g/mol. The second-order valence-electron chi connectivity index (χ2n) is 5.62. The molecule has 1 unspecified atom stereocenters. The molecule has 1 heterocycles. The summed E-state index contributed by atoms with van der Waals surface area (Å²) in [6, 6.07) is 16.9. The van der Waals surface area contributed by atoms with E-state index < -0.39 is 11.6 Å². The second-order valence-corrected chi connectivity index (χ2v) is 5.62. The zero-order chi connectivity index (χ0) is 15.6. The minimum Gasteiger partial charge on any atom is -0.445 e. The Morgan fingerprint density at radius 3 is 2.59 bits per heavy atom. The van der Waals surface area contributed by atoms with Crippen LogP contribution in [0.3, 0.4) is 0 Å². The summed E-state index contributed by atoms with van der Waals surface area (Å²) in [5, 5.41) is 2.84. The normalized spacial score (nSPS) is 20.0. The molecular formula is C18H17NO3. The number of ether oxygens (including phenoxy) is 1. The zero-order valence-electron chi connectivity index (χ0n) is 12.3. The van der Waals surface area contributed by atoms with Gasteiger partial charge in [-0.3, -0.25) is 4.79 Å². The Hall–Kier alpha value is -2.62. The maximum atomic E-state index is 12.5. The van der Waals surface area contributed by atoms with Crippen molar-refractivity contribution in [2.24, 2.45) is 0 Å². The van der Waals surface area contributed by atoms with Gasteiger partial charge in [0.15, 0.2) is 5.60 Å². The van der Waals surface area contributed by atoms with Crippen molar-refractivity contribution in [1.82, 2.24) is 5.32 Å².